The van der Waals surface area contributed by atoms with Crippen molar-refractivity contribution in [2.24, 2.45) is 4.99 Å². The Morgan fingerprint density at radius 1 is 1.08 bits per heavy atom. The number of nitrogens with one attached hydrogen (secondary N) is 1. The molecule has 0 amide bonds. The van der Waals surface area contributed by atoms with Crippen molar-refractivity contribution in [2.45, 2.75) is 0 Å². The highest BCUT2D eigenvalue weighted by Crippen LogP contribution is 2.34. The van der Waals surface area contributed by atoms with Gasteiger partial charge in [0.25, 0.3) is 0 Å². The van der Waals surface area contributed by atoms with E-state index in [9.17, 15) is 0 Å². The van der Waals surface area contributed by atoms with E-state index in [0.717, 1.165) is 11.3 Å². The van der Waals surface area contributed by atoms with Crippen LogP contribution in [0.1, 0.15) is 5.56 Å². The normalized spacial score (nSPS) is 10.7. The van der Waals surface area contributed by atoms with Gasteiger partial charge in [0.1, 0.15) is 0 Å². The summed E-state index contributed by atoms with van der Waals surface area (Å²) in [4.78, 5) is 16.8. The molecule has 0 aliphatic carbocycles. The zero-order valence-electron chi connectivity index (χ0n) is 13.0. The lowest BCUT2D eigenvalue weighted by Crippen LogP contribution is -2.03. The molecule has 7 heteroatoms. The average molecular weight is 320 g/mol. The monoisotopic (exact) mass is 320 g/mol. The van der Waals surface area contributed by atoms with Gasteiger partial charge in [0.15, 0.2) is 11.5 Å². The molecule has 120 valence electrons. The second-order valence-electron chi connectivity index (χ2n) is 4.82. The van der Waals surface area contributed by atoms with Crippen molar-refractivity contribution < 1.29 is 4.74 Å². The second kappa shape index (κ2) is 7.19. The number of pyridine rings is 1. The van der Waals surface area contributed by atoms with Gasteiger partial charge in [0, 0.05) is 24.3 Å². The predicted molar refractivity (Wildman–Crippen MR) is 94.2 cm³/mol. The van der Waals surface area contributed by atoms with E-state index in [4.69, 9.17) is 10.5 Å². The minimum Gasteiger partial charge on any atom is -0.479 e. The molecule has 0 fully saturated rings. The van der Waals surface area contributed by atoms with Gasteiger partial charge in [-0.3, -0.25) is 4.98 Å². The number of hydrogen-bond donors (Lipinski definition) is 2. The molecule has 3 N–H and O–H groups in total. The van der Waals surface area contributed by atoms with Crippen molar-refractivity contribution in [3.8, 4) is 5.88 Å². The van der Waals surface area contributed by atoms with Gasteiger partial charge in [0.2, 0.25) is 11.8 Å². The molecule has 24 heavy (non-hydrogen) atoms. The van der Waals surface area contributed by atoms with E-state index in [-0.39, 0.29) is 5.95 Å². The third kappa shape index (κ3) is 3.64. The first-order chi connectivity index (χ1) is 11.8. The highest BCUT2D eigenvalue weighted by atomic mass is 16.5. The number of rotatable bonds is 5. The molecular formula is C17H16N6O. The highest BCUT2D eigenvalue weighted by Gasteiger charge is 2.13. The Labute approximate surface area is 139 Å². The number of ether oxygens (including phenoxy) is 1. The summed E-state index contributed by atoms with van der Waals surface area (Å²) in [6.45, 7) is 0. The number of aliphatic imine (C=N–C) groups is 1. The van der Waals surface area contributed by atoms with Crippen LogP contribution in [0.2, 0.25) is 0 Å². The van der Waals surface area contributed by atoms with Crippen molar-refractivity contribution in [1.29, 1.82) is 0 Å². The Balaban J connectivity index is 2.00. The molecule has 0 spiro atoms. The maximum Gasteiger partial charge on any atom is 0.246 e. The van der Waals surface area contributed by atoms with Crippen LogP contribution >= 0.6 is 0 Å². The Kier molecular flexibility index (Phi) is 4.62. The van der Waals surface area contributed by atoms with Crippen LogP contribution in [0.5, 0.6) is 5.88 Å². The quantitative estimate of drug-likeness (QED) is 0.701. The number of nitrogens with zero attached hydrogens (tertiary/aromatic N) is 4. The van der Waals surface area contributed by atoms with Crippen LogP contribution in [0.3, 0.4) is 0 Å². The first-order valence-corrected chi connectivity index (χ1v) is 7.24. The summed E-state index contributed by atoms with van der Waals surface area (Å²) in [7, 11) is 1.51. The Morgan fingerprint density at radius 2 is 1.83 bits per heavy atom. The van der Waals surface area contributed by atoms with Crippen LogP contribution in [-0.4, -0.2) is 28.3 Å². The Hall–Kier alpha value is -3.48. The fourth-order valence-corrected chi connectivity index (χ4v) is 2.04. The molecule has 3 rings (SSSR count). The van der Waals surface area contributed by atoms with E-state index in [2.05, 4.69) is 25.3 Å². The molecule has 2 aromatic heterocycles. The van der Waals surface area contributed by atoms with Gasteiger partial charge in [-0.15, -0.1) is 0 Å². The lowest BCUT2D eigenvalue weighted by atomic mass is 10.3. The highest BCUT2D eigenvalue weighted by molar-refractivity contribution is 5.85. The molecule has 0 saturated heterocycles. The van der Waals surface area contributed by atoms with Gasteiger partial charge in [0.05, 0.1) is 7.11 Å². The smallest absolute Gasteiger partial charge is 0.246 e. The van der Waals surface area contributed by atoms with Crippen LogP contribution in [0.25, 0.3) is 0 Å². The van der Waals surface area contributed by atoms with Crippen LogP contribution in [0.4, 0.5) is 23.1 Å². The van der Waals surface area contributed by atoms with E-state index in [0.29, 0.717) is 17.4 Å². The molecule has 0 bridgehead atoms. The first-order valence-electron chi connectivity index (χ1n) is 7.24. The van der Waals surface area contributed by atoms with Gasteiger partial charge in [-0.25, -0.2) is 4.99 Å². The number of benzene rings is 1. The molecule has 1 aromatic carbocycles. The maximum absolute atomic E-state index is 5.76. The SMILES string of the molecule is COc1nc(N)nc(Nc2ccccc2)c1N=Cc1ccncc1. The molecule has 3 aromatic rings. The first kappa shape index (κ1) is 15.4. The van der Waals surface area contributed by atoms with E-state index in [1.54, 1.807) is 18.6 Å². The number of para-hydroxylation sites is 1. The van der Waals surface area contributed by atoms with E-state index < -0.39 is 0 Å². The van der Waals surface area contributed by atoms with Crippen LogP contribution in [-0.2, 0) is 0 Å². The second-order valence-corrected chi connectivity index (χ2v) is 4.82. The summed E-state index contributed by atoms with van der Waals surface area (Å²) in [6, 6.07) is 13.3. The minimum atomic E-state index is 0.105. The molecule has 0 radical (unpaired) electrons. The molecule has 2 heterocycles. The lowest BCUT2D eigenvalue weighted by molar-refractivity contribution is 0.399. The number of nitrogens with two attached hydrogens (primary N) is 1. The van der Waals surface area contributed by atoms with Crippen molar-refractivity contribution >= 4 is 29.4 Å². The standard InChI is InChI=1S/C17H16N6O/c1-24-16-14(20-11-12-7-9-19-10-8-12)15(22-17(18)23-16)21-13-5-3-2-4-6-13/h2-11H,1H3,(H3,18,21,22,23). The van der Waals surface area contributed by atoms with E-state index in [1.165, 1.54) is 7.11 Å². The van der Waals surface area contributed by atoms with E-state index in [1.807, 2.05) is 42.5 Å². The van der Waals surface area contributed by atoms with Gasteiger partial charge in [-0.2, -0.15) is 9.97 Å². The largest absolute Gasteiger partial charge is 0.479 e. The summed E-state index contributed by atoms with van der Waals surface area (Å²) >= 11 is 0. The number of methoxy groups -OCH3 is 1. The molecule has 0 saturated carbocycles. The number of nitrogen functional groups attached to an aromatic ring is 1. The summed E-state index contributed by atoms with van der Waals surface area (Å²) < 4.78 is 5.30. The molecule has 0 atom stereocenters. The van der Waals surface area contributed by atoms with Crippen LogP contribution < -0.4 is 15.8 Å². The van der Waals surface area contributed by atoms with Crippen molar-refractivity contribution in [3.05, 3.63) is 60.4 Å². The molecule has 0 aliphatic rings. The summed E-state index contributed by atoms with van der Waals surface area (Å²) in [5.74, 6) is 0.871. The van der Waals surface area contributed by atoms with Gasteiger partial charge >= 0.3 is 0 Å². The zero-order valence-corrected chi connectivity index (χ0v) is 13.0. The molecular weight excluding hydrogens is 304 g/mol. The molecule has 0 aliphatic heterocycles. The number of aromatic nitrogens is 3. The van der Waals surface area contributed by atoms with Crippen molar-refractivity contribution in [2.75, 3.05) is 18.2 Å². The molecule has 7 nitrogen and oxygen atoms in total. The maximum atomic E-state index is 5.76. The number of anilines is 3. The fraction of sp³-hybridized carbons (Fsp3) is 0.0588. The Morgan fingerprint density at radius 3 is 2.54 bits per heavy atom. The summed E-state index contributed by atoms with van der Waals surface area (Å²) in [6.07, 6.45) is 5.08. The zero-order chi connectivity index (χ0) is 16.8. The topological polar surface area (TPSA) is 98.3 Å². The molecule has 0 unspecified atom stereocenters. The fourth-order valence-electron chi connectivity index (χ4n) is 2.04. The van der Waals surface area contributed by atoms with Crippen LogP contribution in [0.15, 0.2) is 59.9 Å². The van der Waals surface area contributed by atoms with Crippen molar-refractivity contribution in [3.63, 3.8) is 0 Å². The number of hydrogen-bond acceptors (Lipinski definition) is 7. The van der Waals surface area contributed by atoms with Gasteiger partial charge in [-0.1, -0.05) is 18.2 Å². The van der Waals surface area contributed by atoms with Crippen molar-refractivity contribution in [1.82, 2.24) is 15.0 Å². The Bertz CT molecular complexity index is 836. The van der Waals surface area contributed by atoms with E-state index >= 15 is 0 Å². The summed E-state index contributed by atoms with van der Waals surface area (Å²) in [5.41, 5.74) is 7.98. The average Bonchev–Trinajstić information content (AvgIpc) is 2.62. The van der Waals surface area contributed by atoms with Crippen LogP contribution in [0, 0.1) is 0 Å². The predicted octanol–water partition coefficient (Wildman–Crippen LogP) is 2.96. The van der Waals surface area contributed by atoms with Gasteiger partial charge in [-0.05, 0) is 29.8 Å². The summed E-state index contributed by atoms with van der Waals surface area (Å²) in [5, 5.41) is 3.19. The minimum absolute atomic E-state index is 0.105. The third-order valence-electron chi connectivity index (χ3n) is 3.15. The van der Waals surface area contributed by atoms with Gasteiger partial charge < -0.3 is 15.8 Å². The lowest BCUT2D eigenvalue weighted by Gasteiger charge is -2.11. The third-order valence-corrected chi connectivity index (χ3v) is 3.15.